The third-order valence-electron chi connectivity index (χ3n) is 1.96. The van der Waals surface area contributed by atoms with E-state index in [-0.39, 0.29) is 5.56 Å². The Bertz CT molecular complexity index is 333. The van der Waals surface area contributed by atoms with E-state index < -0.39 is 17.6 Å². The van der Waals surface area contributed by atoms with Crippen LogP contribution in [0.5, 0.6) is 0 Å². The molecule has 0 saturated heterocycles. The molecule has 0 aliphatic rings. The van der Waals surface area contributed by atoms with Crippen molar-refractivity contribution < 1.29 is 17.6 Å². The first-order valence-corrected chi connectivity index (χ1v) is 5.49. The predicted octanol–water partition coefficient (Wildman–Crippen LogP) is 4.17. The van der Waals surface area contributed by atoms with E-state index in [1.165, 1.54) is 6.07 Å². The normalized spacial score (nSPS) is 11.8. The molecule has 0 saturated carbocycles. The minimum Gasteiger partial charge on any atom is -0.207 e. The maximum atomic E-state index is 12.7. The standard InChI is InChI=1S/C10H9BrF4/c11-5-1-2-7-3-4-8(12)6-9(7)10(13,14)15/h3-4,6H,1-2,5H2. The van der Waals surface area contributed by atoms with Crippen molar-refractivity contribution in [2.75, 3.05) is 5.33 Å². The Balaban J connectivity index is 3.04. The van der Waals surface area contributed by atoms with Gasteiger partial charge in [-0.1, -0.05) is 22.0 Å². The Morgan fingerprint density at radius 1 is 1.20 bits per heavy atom. The zero-order valence-corrected chi connectivity index (χ0v) is 9.33. The maximum absolute atomic E-state index is 12.7. The quantitative estimate of drug-likeness (QED) is 0.577. The first-order chi connectivity index (χ1) is 6.95. The van der Waals surface area contributed by atoms with Gasteiger partial charge in [-0.05, 0) is 30.5 Å². The molecule has 0 spiro atoms. The molecule has 0 aliphatic carbocycles. The van der Waals surface area contributed by atoms with E-state index in [4.69, 9.17) is 0 Å². The number of rotatable bonds is 3. The molecule has 84 valence electrons. The molecule has 1 rings (SSSR count). The van der Waals surface area contributed by atoms with Crippen LogP contribution in [0.1, 0.15) is 17.5 Å². The zero-order valence-electron chi connectivity index (χ0n) is 7.74. The van der Waals surface area contributed by atoms with Crippen molar-refractivity contribution in [2.45, 2.75) is 19.0 Å². The van der Waals surface area contributed by atoms with Crippen LogP contribution >= 0.6 is 15.9 Å². The molecular weight excluding hydrogens is 276 g/mol. The predicted molar refractivity (Wildman–Crippen MR) is 53.5 cm³/mol. The largest absolute Gasteiger partial charge is 0.416 e. The first-order valence-electron chi connectivity index (χ1n) is 4.36. The van der Waals surface area contributed by atoms with Crippen LogP contribution in [-0.4, -0.2) is 5.33 Å². The van der Waals surface area contributed by atoms with E-state index in [1.54, 1.807) is 0 Å². The summed E-state index contributed by atoms with van der Waals surface area (Å²) in [5.41, 5.74) is -0.730. The number of aryl methyl sites for hydroxylation is 1. The van der Waals surface area contributed by atoms with Crippen molar-refractivity contribution in [3.8, 4) is 0 Å². The lowest BCUT2D eigenvalue weighted by atomic mass is 10.0. The van der Waals surface area contributed by atoms with E-state index >= 15 is 0 Å². The van der Waals surface area contributed by atoms with Gasteiger partial charge >= 0.3 is 6.18 Å². The van der Waals surface area contributed by atoms with Crippen LogP contribution in [0.25, 0.3) is 0 Å². The van der Waals surface area contributed by atoms with Crippen LogP contribution in [0.4, 0.5) is 17.6 Å². The number of alkyl halides is 4. The molecule has 0 nitrogen and oxygen atoms in total. The Morgan fingerprint density at radius 2 is 1.87 bits per heavy atom. The van der Waals surface area contributed by atoms with Gasteiger partial charge in [0.2, 0.25) is 0 Å². The molecule has 0 aliphatic heterocycles. The molecule has 0 unspecified atom stereocenters. The smallest absolute Gasteiger partial charge is 0.207 e. The SMILES string of the molecule is Fc1ccc(CCCBr)c(C(F)(F)F)c1. The van der Waals surface area contributed by atoms with Crippen LogP contribution in [0.2, 0.25) is 0 Å². The van der Waals surface area contributed by atoms with Crippen LogP contribution in [0.15, 0.2) is 18.2 Å². The summed E-state index contributed by atoms with van der Waals surface area (Å²) in [5.74, 6) is -0.857. The lowest BCUT2D eigenvalue weighted by molar-refractivity contribution is -0.138. The second-order valence-corrected chi connectivity index (χ2v) is 3.88. The van der Waals surface area contributed by atoms with Gasteiger partial charge in [-0.2, -0.15) is 13.2 Å². The van der Waals surface area contributed by atoms with Crippen LogP contribution in [0.3, 0.4) is 0 Å². The topological polar surface area (TPSA) is 0 Å². The summed E-state index contributed by atoms with van der Waals surface area (Å²) in [7, 11) is 0. The van der Waals surface area contributed by atoms with Gasteiger partial charge in [0.15, 0.2) is 0 Å². The van der Waals surface area contributed by atoms with Gasteiger partial charge in [-0.15, -0.1) is 0 Å². The minimum absolute atomic E-state index is 0.142. The van der Waals surface area contributed by atoms with Crippen molar-refractivity contribution in [3.63, 3.8) is 0 Å². The number of hydrogen-bond donors (Lipinski definition) is 0. The van der Waals surface area contributed by atoms with Crippen molar-refractivity contribution >= 4 is 15.9 Å². The zero-order chi connectivity index (χ0) is 11.5. The summed E-state index contributed by atoms with van der Waals surface area (Å²) in [5, 5.41) is 0.627. The highest BCUT2D eigenvalue weighted by Gasteiger charge is 2.33. The highest BCUT2D eigenvalue weighted by molar-refractivity contribution is 9.09. The summed E-state index contributed by atoms with van der Waals surface area (Å²) < 4.78 is 50.1. The minimum atomic E-state index is -4.48. The van der Waals surface area contributed by atoms with Crippen molar-refractivity contribution in [1.82, 2.24) is 0 Å². The van der Waals surface area contributed by atoms with Gasteiger partial charge in [-0.3, -0.25) is 0 Å². The Labute approximate surface area is 93.4 Å². The first kappa shape index (κ1) is 12.5. The van der Waals surface area contributed by atoms with E-state index in [0.717, 1.165) is 6.07 Å². The number of hydrogen-bond acceptors (Lipinski definition) is 0. The van der Waals surface area contributed by atoms with E-state index in [2.05, 4.69) is 15.9 Å². The van der Waals surface area contributed by atoms with Crippen molar-refractivity contribution in [2.24, 2.45) is 0 Å². The fourth-order valence-corrected chi connectivity index (χ4v) is 1.57. The van der Waals surface area contributed by atoms with Gasteiger partial charge in [-0.25, -0.2) is 4.39 Å². The molecule has 0 heterocycles. The summed E-state index contributed by atoms with van der Waals surface area (Å²) >= 11 is 3.14. The lowest BCUT2D eigenvalue weighted by Crippen LogP contribution is -2.10. The Morgan fingerprint density at radius 3 is 2.40 bits per heavy atom. The summed E-state index contributed by atoms with van der Waals surface area (Å²) in [6, 6.07) is 2.79. The molecule has 5 heteroatoms. The molecule has 0 atom stereocenters. The molecule has 0 radical (unpaired) electrons. The fourth-order valence-electron chi connectivity index (χ4n) is 1.29. The van der Waals surface area contributed by atoms with Crippen LogP contribution < -0.4 is 0 Å². The van der Waals surface area contributed by atoms with Gasteiger partial charge in [0.25, 0.3) is 0 Å². The summed E-state index contributed by atoms with van der Waals surface area (Å²) in [6.07, 6.45) is -3.60. The number of benzene rings is 1. The highest BCUT2D eigenvalue weighted by Crippen LogP contribution is 2.33. The number of halogens is 5. The summed E-state index contributed by atoms with van der Waals surface area (Å²) in [6.45, 7) is 0. The monoisotopic (exact) mass is 284 g/mol. The lowest BCUT2D eigenvalue weighted by Gasteiger charge is -2.12. The van der Waals surface area contributed by atoms with E-state index in [0.29, 0.717) is 24.2 Å². The Hall–Kier alpha value is -0.580. The molecule has 0 aromatic heterocycles. The van der Waals surface area contributed by atoms with E-state index in [9.17, 15) is 17.6 Å². The van der Waals surface area contributed by atoms with Gasteiger partial charge in [0.1, 0.15) is 5.82 Å². The van der Waals surface area contributed by atoms with Gasteiger partial charge in [0, 0.05) is 5.33 Å². The molecule has 0 bridgehead atoms. The molecule has 1 aromatic carbocycles. The van der Waals surface area contributed by atoms with Crippen molar-refractivity contribution in [3.05, 3.63) is 35.1 Å². The maximum Gasteiger partial charge on any atom is 0.416 e. The molecule has 0 N–H and O–H groups in total. The Kier molecular flexibility index (Phi) is 4.13. The van der Waals surface area contributed by atoms with Gasteiger partial charge in [0.05, 0.1) is 5.56 Å². The highest BCUT2D eigenvalue weighted by atomic mass is 79.9. The fraction of sp³-hybridized carbons (Fsp3) is 0.400. The molecule has 1 aromatic rings. The third-order valence-corrected chi connectivity index (χ3v) is 2.52. The average molecular weight is 285 g/mol. The second kappa shape index (κ2) is 4.96. The molecular formula is C10H9BrF4. The van der Waals surface area contributed by atoms with Crippen molar-refractivity contribution in [1.29, 1.82) is 0 Å². The van der Waals surface area contributed by atoms with Gasteiger partial charge < -0.3 is 0 Å². The van der Waals surface area contributed by atoms with Crippen LogP contribution in [0, 0.1) is 5.82 Å². The average Bonchev–Trinajstić information content (AvgIpc) is 2.14. The van der Waals surface area contributed by atoms with Crippen LogP contribution in [-0.2, 0) is 12.6 Å². The van der Waals surface area contributed by atoms with E-state index in [1.807, 2.05) is 0 Å². The second-order valence-electron chi connectivity index (χ2n) is 3.09. The molecule has 0 fully saturated rings. The molecule has 0 amide bonds. The third kappa shape index (κ3) is 3.48. The molecule has 15 heavy (non-hydrogen) atoms. The summed E-state index contributed by atoms with van der Waals surface area (Å²) in [4.78, 5) is 0.